The predicted molar refractivity (Wildman–Crippen MR) is 59.5 cm³/mol. The average Bonchev–Trinajstić information content (AvgIpc) is 2.15. The van der Waals surface area contributed by atoms with Crippen LogP contribution in [-0.2, 0) is 0 Å². The summed E-state index contributed by atoms with van der Waals surface area (Å²) in [6.45, 7) is 7.92. The number of hydrogen-bond acceptors (Lipinski definition) is 3. The second-order valence-corrected chi connectivity index (χ2v) is 4.49. The minimum Gasteiger partial charge on any atom is -0.393 e. The van der Waals surface area contributed by atoms with Gasteiger partial charge >= 0.3 is 0 Å². The quantitative estimate of drug-likeness (QED) is 0.665. The molecule has 84 valence electrons. The SMILES string of the molecule is CC(O)CCCCN1CCN(C)CC1. The van der Waals surface area contributed by atoms with E-state index in [4.69, 9.17) is 5.11 Å². The highest BCUT2D eigenvalue weighted by molar-refractivity contribution is 4.68. The smallest absolute Gasteiger partial charge is 0.0512 e. The first-order valence-corrected chi connectivity index (χ1v) is 5.77. The molecule has 0 saturated carbocycles. The van der Waals surface area contributed by atoms with Crippen molar-refractivity contribution >= 4 is 0 Å². The fourth-order valence-corrected chi connectivity index (χ4v) is 1.85. The van der Waals surface area contributed by atoms with Crippen LogP contribution < -0.4 is 0 Å². The zero-order chi connectivity index (χ0) is 10.4. The molecule has 1 aliphatic rings. The fourth-order valence-electron chi connectivity index (χ4n) is 1.85. The number of piperazine rings is 1. The molecule has 3 heteroatoms. The third-order valence-corrected chi connectivity index (χ3v) is 2.94. The van der Waals surface area contributed by atoms with Crippen LogP contribution in [0.3, 0.4) is 0 Å². The standard InChI is InChI=1S/C11H24N2O/c1-11(14)5-3-4-6-13-9-7-12(2)8-10-13/h11,14H,3-10H2,1-2H3. The predicted octanol–water partition coefficient (Wildman–Crippen LogP) is 0.785. The Morgan fingerprint density at radius 3 is 2.36 bits per heavy atom. The van der Waals surface area contributed by atoms with Gasteiger partial charge in [0.05, 0.1) is 6.10 Å². The maximum Gasteiger partial charge on any atom is 0.0512 e. The van der Waals surface area contributed by atoms with E-state index in [0.717, 1.165) is 12.8 Å². The van der Waals surface area contributed by atoms with Crippen LogP contribution in [0.1, 0.15) is 26.2 Å². The summed E-state index contributed by atoms with van der Waals surface area (Å²) in [6, 6.07) is 0. The molecule has 0 aromatic rings. The van der Waals surface area contributed by atoms with Crippen molar-refractivity contribution in [2.24, 2.45) is 0 Å². The summed E-state index contributed by atoms with van der Waals surface area (Å²) in [5.74, 6) is 0. The molecule has 0 amide bonds. The minimum atomic E-state index is -0.123. The van der Waals surface area contributed by atoms with E-state index in [-0.39, 0.29) is 6.10 Å². The van der Waals surface area contributed by atoms with E-state index in [1.54, 1.807) is 0 Å². The molecule has 3 nitrogen and oxygen atoms in total. The van der Waals surface area contributed by atoms with Crippen molar-refractivity contribution in [1.82, 2.24) is 9.80 Å². The molecular weight excluding hydrogens is 176 g/mol. The monoisotopic (exact) mass is 200 g/mol. The maximum absolute atomic E-state index is 9.10. The van der Waals surface area contributed by atoms with Gasteiger partial charge in [0.25, 0.3) is 0 Å². The van der Waals surface area contributed by atoms with Crippen LogP contribution in [-0.4, -0.2) is 60.8 Å². The van der Waals surface area contributed by atoms with E-state index in [2.05, 4.69) is 16.8 Å². The summed E-state index contributed by atoms with van der Waals surface area (Å²) in [6.07, 6.45) is 3.22. The molecule has 0 radical (unpaired) electrons. The second-order valence-electron chi connectivity index (χ2n) is 4.49. The number of likely N-dealkylation sites (N-methyl/N-ethyl adjacent to an activating group) is 1. The average molecular weight is 200 g/mol. The summed E-state index contributed by atoms with van der Waals surface area (Å²) in [5.41, 5.74) is 0. The van der Waals surface area contributed by atoms with Crippen LogP contribution in [0.25, 0.3) is 0 Å². The highest BCUT2D eigenvalue weighted by Crippen LogP contribution is 2.04. The molecule has 1 unspecified atom stereocenters. The van der Waals surface area contributed by atoms with Gasteiger partial charge in [0.1, 0.15) is 0 Å². The molecule has 14 heavy (non-hydrogen) atoms. The van der Waals surface area contributed by atoms with Gasteiger partial charge in [0, 0.05) is 26.2 Å². The summed E-state index contributed by atoms with van der Waals surface area (Å²) < 4.78 is 0. The van der Waals surface area contributed by atoms with Crippen LogP contribution >= 0.6 is 0 Å². The maximum atomic E-state index is 9.10. The number of hydrogen-bond donors (Lipinski definition) is 1. The lowest BCUT2D eigenvalue weighted by Gasteiger charge is -2.32. The van der Waals surface area contributed by atoms with Gasteiger partial charge in [-0.2, -0.15) is 0 Å². The van der Waals surface area contributed by atoms with Gasteiger partial charge in [-0.1, -0.05) is 0 Å². The van der Waals surface area contributed by atoms with E-state index < -0.39 is 0 Å². The Kier molecular flexibility index (Phi) is 5.45. The summed E-state index contributed by atoms with van der Waals surface area (Å²) in [5, 5.41) is 9.10. The lowest BCUT2D eigenvalue weighted by Crippen LogP contribution is -2.44. The van der Waals surface area contributed by atoms with E-state index in [1.165, 1.54) is 39.1 Å². The largest absolute Gasteiger partial charge is 0.393 e. The van der Waals surface area contributed by atoms with Gasteiger partial charge in [0.2, 0.25) is 0 Å². The Balaban J connectivity index is 1.96. The second kappa shape index (κ2) is 6.38. The summed E-state index contributed by atoms with van der Waals surface area (Å²) in [7, 11) is 2.19. The molecule has 0 aromatic carbocycles. The van der Waals surface area contributed by atoms with Crippen molar-refractivity contribution in [2.45, 2.75) is 32.3 Å². The van der Waals surface area contributed by atoms with Crippen molar-refractivity contribution in [2.75, 3.05) is 39.8 Å². The van der Waals surface area contributed by atoms with Crippen molar-refractivity contribution in [1.29, 1.82) is 0 Å². The van der Waals surface area contributed by atoms with Gasteiger partial charge < -0.3 is 14.9 Å². The third kappa shape index (κ3) is 4.94. The number of aliphatic hydroxyl groups excluding tert-OH is 1. The molecule has 0 aromatic heterocycles. The van der Waals surface area contributed by atoms with E-state index in [0.29, 0.717) is 0 Å². The van der Waals surface area contributed by atoms with Crippen LogP contribution in [0, 0.1) is 0 Å². The van der Waals surface area contributed by atoms with Crippen molar-refractivity contribution < 1.29 is 5.11 Å². The van der Waals surface area contributed by atoms with Gasteiger partial charge in [-0.3, -0.25) is 0 Å². The van der Waals surface area contributed by atoms with Gasteiger partial charge in [-0.05, 0) is 39.8 Å². The normalized spacial score (nSPS) is 22.5. The third-order valence-electron chi connectivity index (χ3n) is 2.94. The first-order chi connectivity index (χ1) is 6.68. The Morgan fingerprint density at radius 2 is 1.79 bits per heavy atom. The molecule has 1 heterocycles. The first kappa shape index (κ1) is 12.0. The summed E-state index contributed by atoms with van der Waals surface area (Å²) >= 11 is 0. The van der Waals surface area contributed by atoms with Crippen LogP contribution in [0.4, 0.5) is 0 Å². The fraction of sp³-hybridized carbons (Fsp3) is 1.00. The van der Waals surface area contributed by atoms with Crippen molar-refractivity contribution in [3.05, 3.63) is 0 Å². The van der Waals surface area contributed by atoms with Crippen molar-refractivity contribution in [3.8, 4) is 0 Å². The Morgan fingerprint density at radius 1 is 1.14 bits per heavy atom. The lowest BCUT2D eigenvalue weighted by atomic mass is 10.1. The molecule has 0 bridgehead atoms. The van der Waals surface area contributed by atoms with Crippen molar-refractivity contribution in [3.63, 3.8) is 0 Å². The van der Waals surface area contributed by atoms with Gasteiger partial charge in [-0.15, -0.1) is 0 Å². The minimum absolute atomic E-state index is 0.123. The Hall–Kier alpha value is -0.120. The number of unbranched alkanes of at least 4 members (excludes halogenated alkanes) is 1. The van der Waals surface area contributed by atoms with Crippen LogP contribution in [0.2, 0.25) is 0 Å². The molecule has 1 aliphatic heterocycles. The zero-order valence-corrected chi connectivity index (χ0v) is 9.58. The molecule has 1 N–H and O–H groups in total. The molecule has 1 saturated heterocycles. The topological polar surface area (TPSA) is 26.7 Å². The van der Waals surface area contributed by atoms with Gasteiger partial charge in [-0.25, -0.2) is 0 Å². The highest BCUT2D eigenvalue weighted by atomic mass is 16.3. The highest BCUT2D eigenvalue weighted by Gasteiger charge is 2.12. The van der Waals surface area contributed by atoms with Gasteiger partial charge in [0.15, 0.2) is 0 Å². The first-order valence-electron chi connectivity index (χ1n) is 5.77. The molecule has 1 rings (SSSR count). The number of rotatable bonds is 5. The van der Waals surface area contributed by atoms with Crippen LogP contribution in [0.5, 0.6) is 0 Å². The molecular formula is C11H24N2O. The molecule has 0 aliphatic carbocycles. The number of nitrogens with zero attached hydrogens (tertiary/aromatic N) is 2. The Labute approximate surface area is 87.7 Å². The van der Waals surface area contributed by atoms with Crippen LogP contribution in [0.15, 0.2) is 0 Å². The van der Waals surface area contributed by atoms with E-state index >= 15 is 0 Å². The lowest BCUT2D eigenvalue weighted by molar-refractivity contribution is 0.146. The Bertz CT molecular complexity index is 142. The van der Waals surface area contributed by atoms with E-state index in [1.807, 2.05) is 6.92 Å². The van der Waals surface area contributed by atoms with E-state index in [9.17, 15) is 0 Å². The molecule has 1 atom stereocenters. The molecule has 0 spiro atoms. The summed E-state index contributed by atoms with van der Waals surface area (Å²) in [4.78, 5) is 4.91. The zero-order valence-electron chi connectivity index (χ0n) is 9.58. The molecule has 1 fully saturated rings. The number of aliphatic hydroxyl groups is 1.